The molecule has 6 rings (SSSR count). The molecule has 184 valence electrons. The third-order valence-corrected chi connectivity index (χ3v) is 7.06. The van der Waals surface area contributed by atoms with E-state index in [0.29, 0.717) is 18.7 Å². The van der Waals surface area contributed by atoms with Crippen LogP contribution in [0.15, 0.2) is 67.1 Å². The SMILES string of the molecule is Cc1ccc(-n2ncc(C(=O)N3CCN(Cc4ccc5c(c4)OCO5)CC3)c2-n2cccc2)cc1C. The van der Waals surface area contributed by atoms with Gasteiger partial charge in [0.1, 0.15) is 5.56 Å². The molecule has 0 atom stereocenters. The summed E-state index contributed by atoms with van der Waals surface area (Å²) >= 11 is 0. The number of rotatable bonds is 5. The highest BCUT2D eigenvalue weighted by Crippen LogP contribution is 2.33. The molecule has 8 heteroatoms. The molecule has 1 amide bonds. The van der Waals surface area contributed by atoms with E-state index in [0.717, 1.165) is 42.6 Å². The molecule has 8 nitrogen and oxygen atoms in total. The maximum Gasteiger partial charge on any atom is 0.259 e. The van der Waals surface area contributed by atoms with Crippen LogP contribution in [0.4, 0.5) is 0 Å². The molecular weight excluding hydrogens is 454 g/mol. The molecule has 2 aliphatic heterocycles. The van der Waals surface area contributed by atoms with Gasteiger partial charge < -0.3 is 18.9 Å². The molecule has 0 aliphatic carbocycles. The number of piperazine rings is 1. The average molecular weight is 484 g/mol. The van der Waals surface area contributed by atoms with E-state index in [1.165, 1.54) is 16.7 Å². The zero-order chi connectivity index (χ0) is 24.6. The quantitative estimate of drug-likeness (QED) is 0.430. The summed E-state index contributed by atoms with van der Waals surface area (Å²) in [7, 11) is 0. The number of hydrogen-bond donors (Lipinski definition) is 0. The summed E-state index contributed by atoms with van der Waals surface area (Å²) in [5, 5.41) is 4.64. The zero-order valence-electron chi connectivity index (χ0n) is 20.6. The third-order valence-electron chi connectivity index (χ3n) is 7.06. The van der Waals surface area contributed by atoms with Crippen LogP contribution in [0.1, 0.15) is 27.0 Å². The fourth-order valence-electron chi connectivity index (χ4n) is 4.84. The van der Waals surface area contributed by atoms with Gasteiger partial charge in [-0.05, 0) is 66.9 Å². The number of aryl methyl sites for hydroxylation is 2. The van der Waals surface area contributed by atoms with Crippen molar-refractivity contribution in [3.63, 3.8) is 0 Å². The van der Waals surface area contributed by atoms with E-state index in [9.17, 15) is 4.79 Å². The van der Waals surface area contributed by atoms with Crippen molar-refractivity contribution in [2.75, 3.05) is 33.0 Å². The maximum atomic E-state index is 13.7. The van der Waals surface area contributed by atoms with Crippen molar-refractivity contribution in [1.29, 1.82) is 0 Å². The van der Waals surface area contributed by atoms with Crippen molar-refractivity contribution < 1.29 is 14.3 Å². The van der Waals surface area contributed by atoms with Crippen LogP contribution < -0.4 is 9.47 Å². The fourth-order valence-corrected chi connectivity index (χ4v) is 4.84. The molecule has 1 fully saturated rings. The normalized spacial score (nSPS) is 15.4. The maximum absolute atomic E-state index is 13.7. The first-order valence-electron chi connectivity index (χ1n) is 12.3. The van der Waals surface area contributed by atoms with Gasteiger partial charge in [0.2, 0.25) is 6.79 Å². The number of carbonyl (C=O) groups is 1. The van der Waals surface area contributed by atoms with Crippen LogP contribution in [0.2, 0.25) is 0 Å². The van der Waals surface area contributed by atoms with Crippen molar-refractivity contribution in [2.24, 2.45) is 0 Å². The second kappa shape index (κ2) is 9.20. The second-order valence-electron chi connectivity index (χ2n) is 9.41. The van der Waals surface area contributed by atoms with Crippen LogP contribution in [-0.2, 0) is 6.54 Å². The summed E-state index contributed by atoms with van der Waals surface area (Å²) < 4.78 is 14.7. The van der Waals surface area contributed by atoms with Gasteiger partial charge in [0, 0.05) is 45.1 Å². The Hall–Kier alpha value is -4.04. The number of carbonyl (C=O) groups excluding carboxylic acids is 1. The van der Waals surface area contributed by atoms with Crippen molar-refractivity contribution in [3.05, 3.63) is 89.4 Å². The summed E-state index contributed by atoms with van der Waals surface area (Å²) in [5.74, 6) is 2.38. The van der Waals surface area contributed by atoms with E-state index in [2.05, 4.69) is 42.0 Å². The van der Waals surface area contributed by atoms with Gasteiger partial charge in [0.05, 0.1) is 11.9 Å². The molecule has 0 radical (unpaired) electrons. The molecular formula is C28H29N5O3. The Morgan fingerprint density at radius 2 is 1.69 bits per heavy atom. The Balaban J connectivity index is 1.20. The molecule has 0 saturated carbocycles. The monoisotopic (exact) mass is 483 g/mol. The van der Waals surface area contributed by atoms with Crippen LogP contribution in [0.25, 0.3) is 11.5 Å². The summed E-state index contributed by atoms with van der Waals surface area (Å²) in [6.07, 6.45) is 5.61. The highest BCUT2D eigenvalue weighted by Gasteiger charge is 2.27. The minimum Gasteiger partial charge on any atom is -0.454 e. The van der Waals surface area contributed by atoms with Gasteiger partial charge in [0.15, 0.2) is 17.3 Å². The molecule has 0 bridgehead atoms. The van der Waals surface area contributed by atoms with E-state index in [4.69, 9.17) is 9.47 Å². The van der Waals surface area contributed by atoms with Crippen LogP contribution in [0.5, 0.6) is 11.5 Å². The summed E-state index contributed by atoms with van der Waals surface area (Å²) in [4.78, 5) is 18.0. The first-order chi connectivity index (χ1) is 17.6. The molecule has 2 aliphatic rings. The molecule has 2 aromatic heterocycles. The van der Waals surface area contributed by atoms with Crippen molar-refractivity contribution >= 4 is 5.91 Å². The molecule has 36 heavy (non-hydrogen) atoms. The largest absolute Gasteiger partial charge is 0.454 e. The van der Waals surface area contributed by atoms with Gasteiger partial charge >= 0.3 is 0 Å². The van der Waals surface area contributed by atoms with Gasteiger partial charge in [-0.1, -0.05) is 12.1 Å². The Morgan fingerprint density at radius 3 is 2.47 bits per heavy atom. The molecule has 2 aromatic carbocycles. The van der Waals surface area contributed by atoms with Gasteiger partial charge in [0.25, 0.3) is 5.91 Å². The van der Waals surface area contributed by atoms with E-state index in [1.807, 2.05) is 56.9 Å². The van der Waals surface area contributed by atoms with E-state index in [1.54, 1.807) is 6.20 Å². The Kier molecular flexibility index (Phi) is 5.73. The lowest BCUT2D eigenvalue weighted by Gasteiger charge is -2.34. The van der Waals surface area contributed by atoms with Crippen molar-refractivity contribution in [3.8, 4) is 23.0 Å². The molecule has 0 spiro atoms. The predicted molar refractivity (Wildman–Crippen MR) is 136 cm³/mol. The highest BCUT2D eigenvalue weighted by atomic mass is 16.7. The molecule has 4 heterocycles. The van der Waals surface area contributed by atoms with Crippen LogP contribution >= 0.6 is 0 Å². The molecule has 0 N–H and O–H groups in total. The predicted octanol–water partition coefficient (Wildman–Crippen LogP) is 3.97. The van der Waals surface area contributed by atoms with Gasteiger partial charge in [-0.2, -0.15) is 5.10 Å². The van der Waals surface area contributed by atoms with Gasteiger partial charge in [-0.25, -0.2) is 4.68 Å². The summed E-state index contributed by atoms with van der Waals surface area (Å²) in [6.45, 7) is 8.24. The number of nitrogens with zero attached hydrogens (tertiary/aromatic N) is 5. The Bertz CT molecular complexity index is 1400. The Labute approximate surface area is 210 Å². The van der Waals surface area contributed by atoms with Gasteiger partial charge in [-0.3, -0.25) is 9.69 Å². The third kappa shape index (κ3) is 4.13. The smallest absolute Gasteiger partial charge is 0.259 e. The highest BCUT2D eigenvalue weighted by molar-refractivity contribution is 5.97. The molecule has 1 saturated heterocycles. The van der Waals surface area contributed by atoms with E-state index in [-0.39, 0.29) is 12.7 Å². The lowest BCUT2D eigenvalue weighted by atomic mass is 10.1. The summed E-state index contributed by atoms with van der Waals surface area (Å²) in [6, 6.07) is 16.3. The van der Waals surface area contributed by atoms with Crippen molar-refractivity contribution in [2.45, 2.75) is 20.4 Å². The minimum atomic E-state index is 0.0107. The first-order valence-corrected chi connectivity index (χ1v) is 12.3. The topological polar surface area (TPSA) is 64.8 Å². The van der Waals surface area contributed by atoms with E-state index < -0.39 is 0 Å². The van der Waals surface area contributed by atoms with Crippen molar-refractivity contribution in [1.82, 2.24) is 24.1 Å². The first kappa shape index (κ1) is 22.4. The molecule has 4 aromatic rings. The number of fused-ring (bicyclic) bond motifs is 1. The fraction of sp³-hybridized carbons (Fsp3) is 0.286. The Morgan fingerprint density at radius 1 is 0.917 bits per heavy atom. The second-order valence-corrected chi connectivity index (χ2v) is 9.41. The number of benzene rings is 2. The number of hydrogen-bond acceptors (Lipinski definition) is 5. The number of amides is 1. The van der Waals surface area contributed by atoms with Crippen LogP contribution in [0, 0.1) is 13.8 Å². The van der Waals surface area contributed by atoms with Crippen LogP contribution in [-0.4, -0.2) is 63.0 Å². The number of ether oxygens (including phenoxy) is 2. The summed E-state index contributed by atoms with van der Waals surface area (Å²) in [5.41, 5.74) is 5.14. The lowest BCUT2D eigenvalue weighted by Crippen LogP contribution is -2.48. The minimum absolute atomic E-state index is 0.0107. The van der Waals surface area contributed by atoms with Crippen LogP contribution in [0.3, 0.4) is 0 Å². The standard InChI is InChI=1S/C28H29N5O3/c1-20-5-7-23(15-21(20)2)33-27(31-9-3-4-10-31)24(17-29-33)28(34)32-13-11-30(12-14-32)18-22-6-8-25-26(16-22)36-19-35-25/h3-10,15-17H,11-14,18-19H2,1-2H3. The van der Waals surface area contributed by atoms with Gasteiger partial charge in [-0.15, -0.1) is 0 Å². The zero-order valence-corrected chi connectivity index (χ0v) is 20.6. The molecule has 0 unspecified atom stereocenters. The average Bonchev–Trinajstić information content (AvgIpc) is 3.66. The van der Waals surface area contributed by atoms with E-state index >= 15 is 0 Å². The number of aromatic nitrogens is 3. The lowest BCUT2D eigenvalue weighted by molar-refractivity contribution is 0.0628.